The number of hydrogen-bond acceptors (Lipinski definition) is 4. The lowest BCUT2D eigenvalue weighted by Gasteiger charge is -1.98. The average molecular weight is 169 g/mol. The Morgan fingerprint density at radius 2 is 2.33 bits per heavy atom. The maximum absolute atomic E-state index is 11.0. The number of nitrogens with zero attached hydrogens (tertiary/aromatic N) is 1. The summed E-state index contributed by atoms with van der Waals surface area (Å²) in [6.07, 6.45) is 1.24. The van der Waals surface area contributed by atoms with E-state index in [9.17, 15) is 14.9 Å². The zero-order valence-corrected chi connectivity index (χ0v) is 6.33. The molecule has 0 saturated heterocycles. The molecular weight excluding hydrogens is 162 g/mol. The summed E-state index contributed by atoms with van der Waals surface area (Å²) in [4.78, 5) is 23.0. The molecular formula is C6H7N3O3. The fourth-order valence-electron chi connectivity index (χ4n) is 0.862. The number of H-pyrrole nitrogens is 1. The molecule has 0 aliphatic rings. The van der Waals surface area contributed by atoms with Gasteiger partial charge in [-0.15, -0.1) is 0 Å². The molecule has 0 atom stereocenters. The summed E-state index contributed by atoms with van der Waals surface area (Å²) >= 11 is 0. The highest BCUT2D eigenvalue weighted by Crippen LogP contribution is 2.16. The largest absolute Gasteiger partial charge is 0.378 e. The highest BCUT2D eigenvalue weighted by Gasteiger charge is 2.14. The summed E-state index contributed by atoms with van der Waals surface area (Å²) in [5.41, 5.74) is -0.740. The molecule has 0 radical (unpaired) electrons. The van der Waals surface area contributed by atoms with Crippen LogP contribution >= 0.6 is 0 Å². The van der Waals surface area contributed by atoms with Gasteiger partial charge >= 0.3 is 0 Å². The molecule has 0 aromatic carbocycles. The van der Waals surface area contributed by atoms with Crippen molar-refractivity contribution >= 4 is 11.4 Å². The van der Waals surface area contributed by atoms with E-state index in [2.05, 4.69) is 10.3 Å². The lowest BCUT2D eigenvalue weighted by molar-refractivity contribution is -0.384. The summed E-state index contributed by atoms with van der Waals surface area (Å²) in [6.45, 7) is 0. The van der Waals surface area contributed by atoms with E-state index in [-0.39, 0.29) is 11.4 Å². The van der Waals surface area contributed by atoms with Crippen molar-refractivity contribution in [2.24, 2.45) is 0 Å². The molecule has 1 aromatic rings. The Balaban J connectivity index is 3.38. The third-order valence-electron chi connectivity index (χ3n) is 1.39. The van der Waals surface area contributed by atoms with Crippen molar-refractivity contribution in [3.8, 4) is 0 Å². The van der Waals surface area contributed by atoms with E-state index in [0.29, 0.717) is 0 Å². The van der Waals surface area contributed by atoms with Gasteiger partial charge in [0.2, 0.25) is 0 Å². The van der Waals surface area contributed by atoms with Gasteiger partial charge in [0.15, 0.2) is 5.69 Å². The summed E-state index contributed by atoms with van der Waals surface area (Å²) in [7, 11) is 1.46. The van der Waals surface area contributed by atoms with Crippen LogP contribution in [0, 0.1) is 10.1 Å². The van der Waals surface area contributed by atoms with Crippen LogP contribution in [-0.2, 0) is 0 Å². The number of pyridine rings is 1. The second kappa shape index (κ2) is 3.04. The van der Waals surface area contributed by atoms with Gasteiger partial charge in [0.25, 0.3) is 11.2 Å². The number of nitrogens with one attached hydrogen (secondary N) is 2. The van der Waals surface area contributed by atoms with Gasteiger partial charge in [0, 0.05) is 19.3 Å². The Hall–Kier alpha value is -1.85. The second-order valence-corrected chi connectivity index (χ2v) is 2.07. The van der Waals surface area contributed by atoms with Gasteiger partial charge in [-0.1, -0.05) is 0 Å². The maximum atomic E-state index is 11.0. The van der Waals surface area contributed by atoms with Crippen molar-refractivity contribution in [1.82, 2.24) is 4.98 Å². The second-order valence-electron chi connectivity index (χ2n) is 2.07. The Morgan fingerprint density at radius 3 is 2.75 bits per heavy atom. The van der Waals surface area contributed by atoms with Crippen molar-refractivity contribution in [3.63, 3.8) is 0 Å². The minimum Gasteiger partial charge on any atom is -0.378 e. The Kier molecular flexibility index (Phi) is 2.09. The van der Waals surface area contributed by atoms with Crippen molar-refractivity contribution in [2.45, 2.75) is 0 Å². The number of aromatic amines is 1. The molecule has 0 amide bonds. The first-order chi connectivity index (χ1) is 5.66. The number of hydrogen-bond donors (Lipinski definition) is 2. The van der Waals surface area contributed by atoms with Gasteiger partial charge in [-0.3, -0.25) is 14.9 Å². The molecule has 12 heavy (non-hydrogen) atoms. The van der Waals surface area contributed by atoms with Gasteiger partial charge in [0.1, 0.15) is 0 Å². The van der Waals surface area contributed by atoms with Crippen LogP contribution in [0.4, 0.5) is 11.4 Å². The number of anilines is 1. The van der Waals surface area contributed by atoms with Gasteiger partial charge < -0.3 is 10.3 Å². The van der Waals surface area contributed by atoms with E-state index < -0.39 is 10.5 Å². The number of rotatable bonds is 2. The predicted molar refractivity (Wildman–Crippen MR) is 43.3 cm³/mol. The van der Waals surface area contributed by atoms with Crippen LogP contribution in [0.5, 0.6) is 0 Å². The average Bonchev–Trinajstić information content (AvgIpc) is 2.03. The predicted octanol–water partition coefficient (Wildman–Crippen LogP) is 0.325. The van der Waals surface area contributed by atoms with Crippen LogP contribution in [0.15, 0.2) is 17.1 Å². The topological polar surface area (TPSA) is 88.0 Å². The molecule has 6 nitrogen and oxygen atoms in total. The number of nitro groups is 1. The van der Waals surface area contributed by atoms with E-state index in [0.717, 1.165) is 0 Å². The summed E-state index contributed by atoms with van der Waals surface area (Å²) < 4.78 is 0. The van der Waals surface area contributed by atoms with Crippen molar-refractivity contribution in [3.05, 3.63) is 32.7 Å². The zero-order chi connectivity index (χ0) is 9.14. The monoisotopic (exact) mass is 169 g/mol. The molecule has 1 rings (SSSR count). The fraction of sp³-hybridized carbons (Fsp3) is 0.167. The molecule has 0 aliphatic heterocycles. The van der Waals surface area contributed by atoms with Gasteiger partial charge in [-0.2, -0.15) is 0 Å². The van der Waals surface area contributed by atoms with E-state index in [4.69, 9.17) is 0 Å². The first-order valence-corrected chi connectivity index (χ1v) is 3.20. The van der Waals surface area contributed by atoms with Crippen LogP contribution in [0.2, 0.25) is 0 Å². The standard InChI is InChI=1S/C6H7N3O3/c1-7-5-4(9(11)12)2-3-8-6(5)10/h2-3,7H,1H3,(H,8,10). The SMILES string of the molecule is CNc1c([N+](=O)[O-])cc[nH]c1=O. The molecule has 0 unspecified atom stereocenters. The third kappa shape index (κ3) is 1.26. The lowest BCUT2D eigenvalue weighted by atomic mass is 10.3. The Bertz CT molecular complexity index is 357. The van der Waals surface area contributed by atoms with Gasteiger partial charge in [-0.25, -0.2) is 0 Å². The van der Waals surface area contributed by atoms with Crippen LogP contribution < -0.4 is 10.9 Å². The highest BCUT2D eigenvalue weighted by molar-refractivity contribution is 5.58. The molecule has 0 fully saturated rings. The lowest BCUT2D eigenvalue weighted by Crippen LogP contribution is -2.12. The third-order valence-corrected chi connectivity index (χ3v) is 1.39. The molecule has 64 valence electrons. The zero-order valence-electron chi connectivity index (χ0n) is 6.33. The van der Waals surface area contributed by atoms with Gasteiger partial charge in [-0.05, 0) is 0 Å². The van der Waals surface area contributed by atoms with E-state index >= 15 is 0 Å². The van der Waals surface area contributed by atoms with Crippen LogP contribution in [-0.4, -0.2) is 17.0 Å². The summed E-state index contributed by atoms with van der Waals surface area (Å²) in [5.74, 6) is 0. The molecule has 0 bridgehead atoms. The smallest absolute Gasteiger partial charge is 0.299 e. The van der Waals surface area contributed by atoms with Crippen molar-refractivity contribution in [1.29, 1.82) is 0 Å². The van der Waals surface area contributed by atoms with Crippen LogP contribution in [0.1, 0.15) is 0 Å². The first kappa shape index (κ1) is 8.25. The Morgan fingerprint density at radius 1 is 1.67 bits per heavy atom. The molecule has 2 N–H and O–H groups in total. The summed E-state index contributed by atoms with van der Waals surface area (Å²) in [5, 5.41) is 12.8. The minimum absolute atomic E-state index is 0.0255. The van der Waals surface area contributed by atoms with Gasteiger partial charge in [0.05, 0.1) is 4.92 Å². The minimum atomic E-state index is -0.610. The van der Waals surface area contributed by atoms with Crippen LogP contribution in [0.3, 0.4) is 0 Å². The van der Waals surface area contributed by atoms with Crippen LogP contribution in [0.25, 0.3) is 0 Å². The summed E-state index contributed by atoms with van der Waals surface area (Å²) in [6, 6.07) is 1.23. The molecule has 6 heteroatoms. The quantitative estimate of drug-likeness (QED) is 0.493. The molecule has 1 heterocycles. The maximum Gasteiger partial charge on any atom is 0.299 e. The molecule has 0 aliphatic carbocycles. The van der Waals surface area contributed by atoms with E-state index in [1.807, 2.05) is 0 Å². The highest BCUT2D eigenvalue weighted by atomic mass is 16.6. The number of aromatic nitrogens is 1. The fourth-order valence-corrected chi connectivity index (χ4v) is 0.862. The normalized spacial score (nSPS) is 9.42. The first-order valence-electron chi connectivity index (χ1n) is 3.20. The van der Waals surface area contributed by atoms with Crippen molar-refractivity contribution in [2.75, 3.05) is 12.4 Å². The molecule has 0 saturated carbocycles. The van der Waals surface area contributed by atoms with E-state index in [1.54, 1.807) is 0 Å². The van der Waals surface area contributed by atoms with E-state index in [1.165, 1.54) is 19.3 Å². The Labute approximate surface area is 67.4 Å². The van der Waals surface area contributed by atoms with Crippen molar-refractivity contribution < 1.29 is 4.92 Å². The molecule has 0 spiro atoms. The molecule has 1 aromatic heterocycles.